The van der Waals surface area contributed by atoms with E-state index in [2.05, 4.69) is 17.1 Å². The molecule has 0 saturated heterocycles. The molecule has 0 fully saturated rings. The van der Waals surface area contributed by atoms with E-state index in [1.54, 1.807) is 13.3 Å². The van der Waals surface area contributed by atoms with Gasteiger partial charge >= 0.3 is 0 Å². The fourth-order valence-corrected chi connectivity index (χ4v) is 0.175. The second kappa shape index (κ2) is 3.40. The highest BCUT2D eigenvalue weighted by Crippen LogP contribution is 1.75. The zero-order chi connectivity index (χ0) is 5.70. The lowest BCUT2D eigenvalue weighted by Crippen LogP contribution is -1.93. The Morgan fingerprint density at radius 3 is 2.57 bits per heavy atom. The summed E-state index contributed by atoms with van der Waals surface area (Å²) in [4.78, 5) is 0. The quantitative estimate of drug-likeness (QED) is 0.400. The second-order valence-electron chi connectivity index (χ2n) is 1.33. The van der Waals surface area contributed by atoms with E-state index in [-0.39, 0.29) is 0 Å². The summed E-state index contributed by atoms with van der Waals surface area (Å²) in [7, 11) is 1.75. The lowest BCUT2D eigenvalue weighted by molar-refractivity contribution is 0.907. The van der Waals surface area contributed by atoms with Gasteiger partial charge in [0.25, 0.3) is 0 Å². The molecule has 7 heavy (non-hydrogen) atoms. The largest absolute Gasteiger partial charge is 0.313 e. The van der Waals surface area contributed by atoms with E-state index < -0.39 is 0 Å². The van der Waals surface area contributed by atoms with Crippen LogP contribution in [0.5, 0.6) is 0 Å². The van der Waals surface area contributed by atoms with Gasteiger partial charge in [-0.2, -0.15) is 5.10 Å². The number of rotatable bonds is 2. The summed E-state index contributed by atoms with van der Waals surface area (Å²) in [5.74, 6) is 0. The van der Waals surface area contributed by atoms with Gasteiger partial charge in [-0.25, -0.2) is 0 Å². The Morgan fingerprint density at radius 1 is 1.86 bits per heavy atom. The van der Waals surface area contributed by atoms with Gasteiger partial charge in [-0.1, -0.05) is 6.58 Å². The van der Waals surface area contributed by atoms with Gasteiger partial charge < -0.3 is 5.43 Å². The Hall–Kier alpha value is -0.790. The minimum Gasteiger partial charge on any atom is -0.313 e. The van der Waals surface area contributed by atoms with Crippen molar-refractivity contribution < 1.29 is 0 Å². The monoisotopic (exact) mass is 98.1 g/mol. The first kappa shape index (κ1) is 6.21. The summed E-state index contributed by atoms with van der Waals surface area (Å²) in [6.45, 7) is 5.49. The minimum absolute atomic E-state index is 0.953. The van der Waals surface area contributed by atoms with Crippen molar-refractivity contribution in [3.8, 4) is 0 Å². The van der Waals surface area contributed by atoms with Crippen molar-refractivity contribution in [3.05, 3.63) is 12.2 Å². The van der Waals surface area contributed by atoms with Gasteiger partial charge in [0.1, 0.15) is 0 Å². The van der Waals surface area contributed by atoms with E-state index >= 15 is 0 Å². The lowest BCUT2D eigenvalue weighted by atomic mass is 10.4. The predicted molar refractivity (Wildman–Crippen MR) is 32.4 cm³/mol. The lowest BCUT2D eigenvalue weighted by Gasteiger charge is -1.83. The van der Waals surface area contributed by atoms with Crippen molar-refractivity contribution in [3.63, 3.8) is 0 Å². The van der Waals surface area contributed by atoms with Crippen LogP contribution in [-0.2, 0) is 0 Å². The van der Waals surface area contributed by atoms with Gasteiger partial charge in [-0.05, 0) is 12.5 Å². The van der Waals surface area contributed by atoms with Crippen molar-refractivity contribution in [1.29, 1.82) is 0 Å². The smallest absolute Gasteiger partial charge is 0.0491 e. The van der Waals surface area contributed by atoms with Gasteiger partial charge in [-0.15, -0.1) is 0 Å². The molecule has 0 amide bonds. The minimum atomic E-state index is 0.953. The SMILES string of the molecule is C=C(C)C=NNC. The predicted octanol–water partition coefficient (Wildman–Crippen LogP) is 0.768. The van der Waals surface area contributed by atoms with Crippen molar-refractivity contribution in [2.24, 2.45) is 5.10 Å². The Kier molecular flexibility index (Phi) is 3.02. The summed E-state index contributed by atoms with van der Waals surface area (Å²) in [5.41, 5.74) is 3.56. The molecule has 0 aromatic heterocycles. The van der Waals surface area contributed by atoms with Crippen LogP contribution in [0.25, 0.3) is 0 Å². The van der Waals surface area contributed by atoms with Gasteiger partial charge in [0, 0.05) is 13.3 Å². The Labute approximate surface area is 43.9 Å². The maximum atomic E-state index is 3.70. The molecule has 0 spiro atoms. The summed E-state index contributed by atoms with van der Waals surface area (Å²) < 4.78 is 0. The molecule has 40 valence electrons. The van der Waals surface area contributed by atoms with Gasteiger partial charge in [-0.3, -0.25) is 0 Å². The van der Waals surface area contributed by atoms with Crippen molar-refractivity contribution in [1.82, 2.24) is 5.43 Å². The van der Waals surface area contributed by atoms with Gasteiger partial charge in [0.05, 0.1) is 0 Å². The third-order valence-corrected chi connectivity index (χ3v) is 0.414. The van der Waals surface area contributed by atoms with Gasteiger partial charge in [0.2, 0.25) is 0 Å². The molecule has 0 unspecified atom stereocenters. The van der Waals surface area contributed by atoms with Crippen LogP contribution in [0.3, 0.4) is 0 Å². The van der Waals surface area contributed by atoms with Crippen molar-refractivity contribution in [2.45, 2.75) is 6.92 Å². The maximum Gasteiger partial charge on any atom is 0.0491 e. The highest BCUT2D eigenvalue weighted by molar-refractivity contribution is 5.76. The Bertz CT molecular complexity index is 84.1. The van der Waals surface area contributed by atoms with Crippen LogP contribution in [0.15, 0.2) is 17.3 Å². The maximum absolute atomic E-state index is 3.70. The van der Waals surface area contributed by atoms with Crippen LogP contribution >= 0.6 is 0 Å². The normalized spacial score (nSPS) is 9.43. The molecule has 2 nitrogen and oxygen atoms in total. The highest BCUT2D eigenvalue weighted by atomic mass is 15.3. The number of hydrogen-bond donors (Lipinski definition) is 1. The summed E-state index contributed by atoms with van der Waals surface area (Å²) >= 11 is 0. The average Bonchev–Trinajstić information content (AvgIpc) is 1.61. The molecule has 0 bridgehead atoms. The third-order valence-electron chi connectivity index (χ3n) is 0.414. The molecule has 0 aromatic carbocycles. The van der Waals surface area contributed by atoms with Crippen molar-refractivity contribution in [2.75, 3.05) is 7.05 Å². The van der Waals surface area contributed by atoms with Crippen LogP contribution < -0.4 is 5.43 Å². The summed E-state index contributed by atoms with van der Waals surface area (Å²) in [5, 5.41) is 3.70. The fourth-order valence-electron chi connectivity index (χ4n) is 0.175. The highest BCUT2D eigenvalue weighted by Gasteiger charge is 1.68. The molecule has 0 rings (SSSR count). The second-order valence-corrected chi connectivity index (χ2v) is 1.33. The molecule has 0 aliphatic heterocycles. The Balaban J connectivity index is 3.26. The molecule has 0 aliphatic rings. The van der Waals surface area contributed by atoms with E-state index in [9.17, 15) is 0 Å². The Morgan fingerprint density at radius 2 is 2.43 bits per heavy atom. The van der Waals surface area contributed by atoms with Crippen LogP contribution in [-0.4, -0.2) is 13.3 Å². The summed E-state index contributed by atoms with van der Waals surface area (Å²) in [6, 6.07) is 0. The molecular formula is C5H10N2. The first-order chi connectivity index (χ1) is 3.27. The first-order valence-corrected chi connectivity index (χ1v) is 2.12. The zero-order valence-electron chi connectivity index (χ0n) is 4.73. The van der Waals surface area contributed by atoms with Gasteiger partial charge in [0.15, 0.2) is 0 Å². The molecule has 0 radical (unpaired) electrons. The van der Waals surface area contributed by atoms with Crippen LogP contribution in [0.1, 0.15) is 6.92 Å². The van der Waals surface area contributed by atoms with E-state index in [1.807, 2.05) is 6.92 Å². The molecule has 0 atom stereocenters. The molecule has 0 saturated carbocycles. The molecule has 2 heteroatoms. The number of hydrogen-bond acceptors (Lipinski definition) is 2. The molecule has 0 heterocycles. The van der Waals surface area contributed by atoms with E-state index in [0.717, 1.165) is 5.57 Å². The third kappa shape index (κ3) is 5.21. The van der Waals surface area contributed by atoms with Crippen LogP contribution in [0.4, 0.5) is 0 Å². The van der Waals surface area contributed by atoms with Crippen molar-refractivity contribution >= 4 is 6.21 Å². The average molecular weight is 98.1 g/mol. The standard InChI is InChI=1S/C5H10N2/c1-5(2)4-7-6-3/h4,6H,1H2,2-3H3. The number of hydrazone groups is 1. The number of nitrogens with one attached hydrogen (secondary N) is 1. The van der Waals surface area contributed by atoms with E-state index in [4.69, 9.17) is 0 Å². The number of allylic oxidation sites excluding steroid dienone is 1. The fraction of sp³-hybridized carbons (Fsp3) is 0.400. The van der Waals surface area contributed by atoms with E-state index in [0.29, 0.717) is 0 Å². The zero-order valence-corrected chi connectivity index (χ0v) is 4.73. The van der Waals surface area contributed by atoms with E-state index in [1.165, 1.54) is 0 Å². The topological polar surface area (TPSA) is 24.4 Å². The van der Waals surface area contributed by atoms with Crippen LogP contribution in [0, 0.1) is 0 Å². The molecule has 0 aliphatic carbocycles. The first-order valence-electron chi connectivity index (χ1n) is 2.12. The van der Waals surface area contributed by atoms with Crippen LogP contribution in [0.2, 0.25) is 0 Å². The molecular weight excluding hydrogens is 88.1 g/mol. The molecule has 0 aromatic rings. The summed E-state index contributed by atoms with van der Waals surface area (Å²) in [6.07, 6.45) is 1.67. The number of nitrogens with zero attached hydrogens (tertiary/aromatic N) is 1. The molecule has 1 N–H and O–H groups in total.